The molecular formula is C24H17F2N5O2S2. The second-order valence-electron chi connectivity index (χ2n) is 7.41. The monoisotopic (exact) mass is 509 g/mol. The zero-order valence-corrected chi connectivity index (χ0v) is 20.1. The molecular weight excluding hydrogens is 492 g/mol. The lowest BCUT2D eigenvalue weighted by atomic mass is 10.1. The summed E-state index contributed by atoms with van der Waals surface area (Å²) in [6.45, 7) is 3.62. The Morgan fingerprint density at radius 3 is 2.29 bits per heavy atom. The fraction of sp³-hybridized carbons (Fsp3) is 0.125. The van der Waals surface area contributed by atoms with Gasteiger partial charge in [0.1, 0.15) is 22.2 Å². The number of benzene rings is 2. The van der Waals surface area contributed by atoms with Gasteiger partial charge in [-0.05, 0) is 50.2 Å². The van der Waals surface area contributed by atoms with Crippen molar-refractivity contribution >= 4 is 45.3 Å². The molecule has 2 aromatic heterocycles. The molecule has 4 aromatic rings. The van der Waals surface area contributed by atoms with E-state index in [1.165, 1.54) is 17.4 Å². The van der Waals surface area contributed by atoms with Crippen LogP contribution in [0.5, 0.6) is 0 Å². The molecule has 0 aliphatic rings. The zero-order chi connectivity index (χ0) is 25.1. The number of carbonyl (C=O) groups excluding carboxylic acids is 2. The number of aryl methyl sites for hydroxylation is 2. The molecule has 0 aliphatic carbocycles. The van der Waals surface area contributed by atoms with Crippen LogP contribution < -0.4 is 10.6 Å². The summed E-state index contributed by atoms with van der Waals surface area (Å²) in [7, 11) is 0. The Hall–Kier alpha value is -4.01. The number of hydrogen-bond donors (Lipinski definition) is 2. The van der Waals surface area contributed by atoms with E-state index in [0.29, 0.717) is 27.5 Å². The van der Waals surface area contributed by atoms with Crippen LogP contribution in [0.4, 0.5) is 19.6 Å². The Balaban J connectivity index is 1.63. The van der Waals surface area contributed by atoms with Crippen LogP contribution in [0.25, 0.3) is 10.6 Å². The molecule has 11 heteroatoms. The highest BCUT2D eigenvalue weighted by Crippen LogP contribution is 2.37. The number of thiazole rings is 2. The van der Waals surface area contributed by atoms with E-state index in [-0.39, 0.29) is 15.6 Å². The molecule has 0 unspecified atom stereocenters. The third-order valence-corrected chi connectivity index (χ3v) is 6.92. The second-order valence-corrected chi connectivity index (χ2v) is 9.61. The van der Waals surface area contributed by atoms with E-state index >= 15 is 0 Å². The smallest absolute Gasteiger partial charge is 0.268 e. The first-order valence-electron chi connectivity index (χ1n) is 10.2. The summed E-state index contributed by atoms with van der Waals surface area (Å²) in [5, 5.41) is 15.1. The van der Waals surface area contributed by atoms with Crippen molar-refractivity contribution < 1.29 is 18.4 Å². The highest BCUT2D eigenvalue weighted by Gasteiger charge is 2.24. The van der Waals surface area contributed by atoms with Crippen molar-refractivity contribution in [3.05, 3.63) is 80.8 Å². The zero-order valence-electron chi connectivity index (χ0n) is 18.5. The van der Waals surface area contributed by atoms with Gasteiger partial charge >= 0.3 is 0 Å². The van der Waals surface area contributed by atoms with Crippen LogP contribution in [0.2, 0.25) is 0 Å². The highest BCUT2D eigenvalue weighted by molar-refractivity contribution is 7.19. The number of halogens is 2. The average molecular weight is 510 g/mol. The van der Waals surface area contributed by atoms with Crippen LogP contribution in [-0.4, -0.2) is 21.8 Å². The van der Waals surface area contributed by atoms with Crippen LogP contribution in [0, 0.1) is 36.8 Å². The number of nitrogens with zero attached hydrogens (tertiary/aromatic N) is 3. The van der Waals surface area contributed by atoms with Gasteiger partial charge in [0.15, 0.2) is 5.13 Å². The number of nitriles is 1. The Morgan fingerprint density at radius 2 is 1.69 bits per heavy atom. The molecule has 0 saturated heterocycles. The van der Waals surface area contributed by atoms with Crippen molar-refractivity contribution in [2.45, 2.75) is 20.3 Å². The number of hydrogen-bond acceptors (Lipinski definition) is 7. The first-order chi connectivity index (χ1) is 16.7. The predicted molar refractivity (Wildman–Crippen MR) is 130 cm³/mol. The summed E-state index contributed by atoms with van der Waals surface area (Å²) in [5.41, 5.74) is 1.60. The Morgan fingerprint density at radius 1 is 1.00 bits per heavy atom. The fourth-order valence-electron chi connectivity index (χ4n) is 3.27. The molecule has 35 heavy (non-hydrogen) atoms. The molecule has 0 aliphatic heterocycles. The largest absolute Gasteiger partial charge is 0.321 e. The highest BCUT2D eigenvalue weighted by atomic mass is 32.1. The lowest BCUT2D eigenvalue weighted by Crippen LogP contribution is -2.16. The second kappa shape index (κ2) is 10.1. The van der Waals surface area contributed by atoms with Gasteiger partial charge in [-0.3, -0.25) is 9.59 Å². The van der Waals surface area contributed by atoms with Crippen LogP contribution in [0.1, 0.15) is 31.5 Å². The van der Waals surface area contributed by atoms with E-state index in [2.05, 4.69) is 20.6 Å². The molecule has 2 aromatic carbocycles. The Kier molecular flexibility index (Phi) is 6.95. The maximum Gasteiger partial charge on any atom is 0.268 e. The van der Waals surface area contributed by atoms with Crippen LogP contribution >= 0.6 is 22.7 Å². The molecule has 2 heterocycles. The number of amides is 2. The maximum atomic E-state index is 13.9. The SMILES string of the molecule is Cc1nc(C)c(-c2nc(NC(=O)Cc3c(F)cccc3F)sc2C(=O)Nc2ccc(C#N)cc2)s1. The predicted octanol–water partition coefficient (Wildman–Crippen LogP) is 5.47. The number of carbonyl (C=O) groups is 2. The Labute approximate surface area is 207 Å². The number of anilines is 2. The minimum Gasteiger partial charge on any atom is -0.321 e. The van der Waals surface area contributed by atoms with Crippen molar-refractivity contribution in [2.75, 3.05) is 10.6 Å². The van der Waals surface area contributed by atoms with E-state index in [4.69, 9.17) is 5.26 Å². The van der Waals surface area contributed by atoms with Gasteiger partial charge in [0.2, 0.25) is 5.91 Å². The van der Waals surface area contributed by atoms with Gasteiger partial charge in [0.25, 0.3) is 5.91 Å². The molecule has 2 amide bonds. The normalized spacial score (nSPS) is 10.6. The van der Waals surface area contributed by atoms with Crippen molar-refractivity contribution in [1.29, 1.82) is 5.26 Å². The van der Waals surface area contributed by atoms with Gasteiger partial charge in [0.05, 0.1) is 33.6 Å². The molecule has 0 fully saturated rings. The maximum absolute atomic E-state index is 13.9. The minimum atomic E-state index is -0.821. The summed E-state index contributed by atoms with van der Waals surface area (Å²) >= 11 is 2.29. The van der Waals surface area contributed by atoms with Crippen molar-refractivity contribution in [2.24, 2.45) is 0 Å². The van der Waals surface area contributed by atoms with Gasteiger partial charge < -0.3 is 10.6 Å². The number of nitrogens with one attached hydrogen (secondary N) is 2. The van der Waals surface area contributed by atoms with Gasteiger partial charge in [-0.2, -0.15) is 5.26 Å². The topological polar surface area (TPSA) is 108 Å². The Bertz CT molecular complexity index is 1450. The lowest BCUT2D eigenvalue weighted by molar-refractivity contribution is -0.115. The standard InChI is InChI=1S/C24H17F2N5O2S2/c1-12-21(34-13(2)28-12)20-22(23(33)29-15-8-6-14(11-27)7-9-15)35-24(31-20)30-19(32)10-16-17(25)4-3-5-18(16)26/h3-9H,10H2,1-2H3,(H,29,33)(H,30,31,32). The third-order valence-electron chi connectivity index (χ3n) is 4.87. The molecule has 0 atom stereocenters. The molecule has 0 radical (unpaired) electrons. The summed E-state index contributed by atoms with van der Waals surface area (Å²) in [6, 6.07) is 11.7. The molecule has 0 spiro atoms. The van der Waals surface area contributed by atoms with E-state index in [0.717, 1.165) is 28.5 Å². The van der Waals surface area contributed by atoms with E-state index < -0.39 is 29.9 Å². The van der Waals surface area contributed by atoms with Gasteiger partial charge in [-0.15, -0.1) is 11.3 Å². The van der Waals surface area contributed by atoms with Gasteiger partial charge in [-0.25, -0.2) is 18.7 Å². The molecule has 2 N–H and O–H groups in total. The summed E-state index contributed by atoms with van der Waals surface area (Å²) in [4.78, 5) is 35.4. The lowest BCUT2D eigenvalue weighted by Gasteiger charge is -2.05. The van der Waals surface area contributed by atoms with Crippen LogP contribution in [0.15, 0.2) is 42.5 Å². The van der Waals surface area contributed by atoms with Crippen molar-refractivity contribution in [3.63, 3.8) is 0 Å². The average Bonchev–Trinajstić information content (AvgIpc) is 3.38. The quantitative estimate of drug-likeness (QED) is 0.359. The van der Waals surface area contributed by atoms with Crippen LogP contribution in [0.3, 0.4) is 0 Å². The fourth-order valence-corrected chi connectivity index (χ4v) is 5.14. The van der Waals surface area contributed by atoms with E-state index in [1.807, 2.05) is 13.0 Å². The first kappa shape index (κ1) is 24.1. The molecule has 0 saturated carbocycles. The van der Waals surface area contributed by atoms with E-state index in [1.54, 1.807) is 31.2 Å². The molecule has 176 valence electrons. The van der Waals surface area contributed by atoms with Gasteiger partial charge in [-0.1, -0.05) is 17.4 Å². The van der Waals surface area contributed by atoms with Crippen LogP contribution in [-0.2, 0) is 11.2 Å². The molecule has 7 nitrogen and oxygen atoms in total. The first-order valence-corrected chi connectivity index (χ1v) is 11.9. The van der Waals surface area contributed by atoms with Crippen molar-refractivity contribution in [3.8, 4) is 16.6 Å². The molecule has 4 rings (SSSR count). The summed E-state index contributed by atoms with van der Waals surface area (Å²) in [5.74, 6) is -2.78. The van der Waals surface area contributed by atoms with Crippen molar-refractivity contribution in [1.82, 2.24) is 9.97 Å². The third kappa shape index (κ3) is 5.40. The summed E-state index contributed by atoms with van der Waals surface area (Å²) < 4.78 is 27.9. The molecule has 0 bridgehead atoms. The number of rotatable bonds is 6. The minimum absolute atomic E-state index is 0.108. The number of aromatic nitrogens is 2. The van der Waals surface area contributed by atoms with E-state index in [9.17, 15) is 18.4 Å². The van der Waals surface area contributed by atoms with Gasteiger partial charge in [0, 0.05) is 11.3 Å². The summed E-state index contributed by atoms with van der Waals surface area (Å²) in [6.07, 6.45) is -0.529.